The summed E-state index contributed by atoms with van der Waals surface area (Å²) in [5.74, 6) is -1.06. The number of aromatic carboxylic acids is 1. The molecule has 7 heteroatoms. The Labute approximate surface area is 150 Å². The maximum Gasteiger partial charge on any atom is 0.338 e. The molecule has 7 nitrogen and oxygen atoms in total. The normalized spacial score (nSPS) is 11.6. The minimum absolute atomic E-state index is 0.0731. The molecule has 0 fully saturated rings. The zero-order chi connectivity index (χ0) is 18.5. The van der Waals surface area contributed by atoms with Crippen LogP contribution in [0.1, 0.15) is 21.5 Å². The molecular weight excluding hydrogens is 332 g/mol. The fraction of sp³-hybridized carbons (Fsp3) is 0.263. The summed E-state index contributed by atoms with van der Waals surface area (Å²) in [5.41, 5.74) is 3.94. The lowest BCUT2D eigenvalue weighted by Crippen LogP contribution is -2.21. The average molecular weight is 352 g/mol. The zero-order valence-corrected chi connectivity index (χ0v) is 14.4. The van der Waals surface area contributed by atoms with Gasteiger partial charge >= 0.3 is 5.97 Å². The topological polar surface area (TPSA) is 108 Å². The number of carboxylic acids is 1. The summed E-state index contributed by atoms with van der Waals surface area (Å²) < 4.78 is 0. The number of nitrogens with one attached hydrogen (secondary N) is 1. The third kappa shape index (κ3) is 3.84. The van der Waals surface area contributed by atoms with Crippen molar-refractivity contribution >= 4 is 34.3 Å². The number of aliphatic imine (C=N–C) groups is 1. The van der Waals surface area contributed by atoms with Gasteiger partial charge in [0.1, 0.15) is 5.52 Å². The van der Waals surface area contributed by atoms with Crippen LogP contribution in [0.15, 0.2) is 35.3 Å². The molecule has 1 aromatic heterocycles. The van der Waals surface area contributed by atoms with Crippen molar-refractivity contribution in [3.8, 4) is 0 Å². The van der Waals surface area contributed by atoms with E-state index in [1.807, 2.05) is 25.1 Å². The zero-order valence-electron chi connectivity index (χ0n) is 14.4. The molecule has 3 N–H and O–H groups in total. The van der Waals surface area contributed by atoms with Crippen molar-refractivity contribution in [3.63, 3.8) is 0 Å². The Kier molecular flexibility index (Phi) is 5.50. The van der Waals surface area contributed by atoms with Crippen molar-refractivity contribution in [3.05, 3.63) is 47.0 Å². The first-order chi connectivity index (χ1) is 12.6. The number of carboxylic acid groups (broad SMARTS) is 1. The molecule has 0 atom stereocenters. The summed E-state index contributed by atoms with van der Waals surface area (Å²) in [6.07, 6.45) is 1.55. The first-order valence-electron chi connectivity index (χ1n) is 8.36. The summed E-state index contributed by atoms with van der Waals surface area (Å²) in [6, 6.07) is 9.19. The number of aryl methyl sites for hydroxylation is 1. The Hall–Kier alpha value is -2.90. The highest BCUT2D eigenvalue weighted by atomic mass is 16.4. The standard InChI is InChI=1S/C19H20N4O3/c1-12-2-4-14-16(10-12)23-18-15(22-14)5-3-13(17(18)19(25)26)11-21-7-6-20-8-9-24/h2-5,10-11,20,24H,6-9H2,1H3,(H,25,26). The van der Waals surface area contributed by atoms with Crippen molar-refractivity contribution in [1.29, 1.82) is 0 Å². The number of hydrogen-bond acceptors (Lipinski definition) is 6. The molecule has 0 aliphatic carbocycles. The molecule has 0 unspecified atom stereocenters. The van der Waals surface area contributed by atoms with Gasteiger partial charge in [0.05, 0.1) is 35.3 Å². The summed E-state index contributed by atoms with van der Waals surface area (Å²) in [4.78, 5) is 25.2. The van der Waals surface area contributed by atoms with Crippen LogP contribution in [0.4, 0.5) is 0 Å². The van der Waals surface area contributed by atoms with E-state index in [-0.39, 0.29) is 12.2 Å². The van der Waals surface area contributed by atoms with Crippen LogP contribution in [0.2, 0.25) is 0 Å². The minimum atomic E-state index is -1.06. The molecule has 0 radical (unpaired) electrons. The monoisotopic (exact) mass is 352 g/mol. The minimum Gasteiger partial charge on any atom is -0.478 e. The second kappa shape index (κ2) is 7.99. The van der Waals surface area contributed by atoms with Crippen LogP contribution in [-0.2, 0) is 0 Å². The highest BCUT2D eigenvalue weighted by Gasteiger charge is 2.16. The van der Waals surface area contributed by atoms with Gasteiger partial charge in [0.25, 0.3) is 0 Å². The molecule has 134 valence electrons. The molecule has 0 aliphatic rings. The second-order valence-electron chi connectivity index (χ2n) is 5.93. The second-order valence-corrected chi connectivity index (χ2v) is 5.93. The van der Waals surface area contributed by atoms with Crippen LogP contribution >= 0.6 is 0 Å². The van der Waals surface area contributed by atoms with Gasteiger partial charge in [0, 0.05) is 24.9 Å². The molecule has 26 heavy (non-hydrogen) atoms. The number of benzene rings is 2. The van der Waals surface area contributed by atoms with Gasteiger partial charge in [-0.2, -0.15) is 0 Å². The molecule has 3 rings (SSSR count). The van der Waals surface area contributed by atoms with Gasteiger partial charge in [-0.3, -0.25) is 4.99 Å². The third-order valence-corrected chi connectivity index (χ3v) is 3.94. The summed E-state index contributed by atoms with van der Waals surface area (Å²) in [7, 11) is 0. The van der Waals surface area contributed by atoms with Crippen LogP contribution in [-0.4, -0.2) is 58.6 Å². The summed E-state index contributed by atoms with van der Waals surface area (Å²) >= 11 is 0. The highest BCUT2D eigenvalue weighted by Crippen LogP contribution is 2.22. The van der Waals surface area contributed by atoms with Crippen molar-refractivity contribution < 1.29 is 15.0 Å². The Morgan fingerprint density at radius 2 is 1.96 bits per heavy atom. The van der Waals surface area contributed by atoms with Crippen LogP contribution < -0.4 is 5.32 Å². The Balaban J connectivity index is 2.01. The van der Waals surface area contributed by atoms with Gasteiger partial charge in [-0.25, -0.2) is 14.8 Å². The van der Waals surface area contributed by atoms with E-state index in [1.54, 1.807) is 18.3 Å². The van der Waals surface area contributed by atoms with Gasteiger partial charge < -0.3 is 15.5 Å². The third-order valence-electron chi connectivity index (χ3n) is 3.94. The number of fused-ring (bicyclic) bond motifs is 2. The SMILES string of the molecule is Cc1ccc2nc3ccc(C=NCCNCCO)c(C(=O)O)c3nc2c1. The van der Waals surface area contributed by atoms with Crippen LogP contribution in [0.25, 0.3) is 22.1 Å². The van der Waals surface area contributed by atoms with Gasteiger partial charge in [-0.15, -0.1) is 0 Å². The predicted octanol–water partition coefficient (Wildman–Crippen LogP) is 1.79. The van der Waals surface area contributed by atoms with E-state index < -0.39 is 5.97 Å². The smallest absolute Gasteiger partial charge is 0.338 e. The van der Waals surface area contributed by atoms with Crippen molar-refractivity contribution in [1.82, 2.24) is 15.3 Å². The number of nitrogens with zero attached hydrogens (tertiary/aromatic N) is 3. The van der Waals surface area contributed by atoms with Gasteiger partial charge in [0.15, 0.2) is 0 Å². The van der Waals surface area contributed by atoms with Crippen molar-refractivity contribution in [2.24, 2.45) is 4.99 Å². The van der Waals surface area contributed by atoms with Gasteiger partial charge in [-0.05, 0) is 30.7 Å². The summed E-state index contributed by atoms with van der Waals surface area (Å²) in [6.45, 7) is 3.63. The fourth-order valence-corrected chi connectivity index (χ4v) is 2.71. The molecule has 0 saturated carbocycles. The van der Waals surface area contributed by atoms with Crippen LogP contribution in [0, 0.1) is 6.92 Å². The van der Waals surface area contributed by atoms with Crippen LogP contribution in [0.5, 0.6) is 0 Å². The van der Waals surface area contributed by atoms with E-state index in [9.17, 15) is 9.90 Å². The molecule has 0 saturated heterocycles. The molecule has 2 aromatic carbocycles. The number of carbonyl (C=O) groups is 1. The molecule has 1 heterocycles. The Morgan fingerprint density at radius 1 is 1.15 bits per heavy atom. The first kappa shape index (κ1) is 17.9. The molecular formula is C19H20N4O3. The maximum absolute atomic E-state index is 11.8. The highest BCUT2D eigenvalue weighted by molar-refractivity contribution is 6.09. The number of aliphatic hydroxyl groups is 1. The molecule has 0 spiro atoms. The van der Waals surface area contributed by atoms with Crippen molar-refractivity contribution in [2.45, 2.75) is 6.92 Å². The van der Waals surface area contributed by atoms with Gasteiger partial charge in [-0.1, -0.05) is 12.1 Å². The van der Waals surface area contributed by atoms with E-state index in [1.165, 1.54) is 0 Å². The molecule has 0 bridgehead atoms. The van der Waals surface area contributed by atoms with E-state index in [0.29, 0.717) is 41.7 Å². The summed E-state index contributed by atoms with van der Waals surface area (Å²) in [5, 5.41) is 21.4. The van der Waals surface area contributed by atoms with Crippen molar-refractivity contribution in [2.75, 3.05) is 26.2 Å². The average Bonchev–Trinajstić information content (AvgIpc) is 2.62. The Bertz CT molecular complexity index is 985. The lowest BCUT2D eigenvalue weighted by atomic mass is 10.1. The lowest BCUT2D eigenvalue weighted by molar-refractivity contribution is 0.0698. The van der Waals surface area contributed by atoms with Crippen LogP contribution in [0.3, 0.4) is 0 Å². The number of hydrogen-bond donors (Lipinski definition) is 3. The lowest BCUT2D eigenvalue weighted by Gasteiger charge is -2.07. The molecule has 0 amide bonds. The molecule has 0 aliphatic heterocycles. The fourth-order valence-electron chi connectivity index (χ4n) is 2.71. The number of rotatable bonds is 7. The van der Waals surface area contributed by atoms with E-state index in [0.717, 1.165) is 11.1 Å². The van der Waals surface area contributed by atoms with Gasteiger partial charge in [0.2, 0.25) is 0 Å². The van der Waals surface area contributed by atoms with E-state index in [4.69, 9.17) is 5.11 Å². The predicted molar refractivity (Wildman–Crippen MR) is 101 cm³/mol. The first-order valence-corrected chi connectivity index (χ1v) is 8.36. The van der Waals surface area contributed by atoms with E-state index >= 15 is 0 Å². The molecule has 3 aromatic rings. The Morgan fingerprint density at radius 3 is 2.73 bits per heavy atom. The maximum atomic E-state index is 11.8. The van der Waals surface area contributed by atoms with E-state index in [2.05, 4.69) is 20.3 Å². The number of aromatic nitrogens is 2. The quantitative estimate of drug-likeness (QED) is 0.340. The number of aliphatic hydroxyl groups excluding tert-OH is 1. The largest absolute Gasteiger partial charge is 0.478 e.